The van der Waals surface area contributed by atoms with Crippen LogP contribution in [0.2, 0.25) is 0 Å². The highest BCUT2D eigenvalue weighted by Gasteiger charge is 2.33. The molecule has 1 unspecified atom stereocenters. The highest BCUT2D eigenvalue weighted by molar-refractivity contribution is 8.01. The van der Waals surface area contributed by atoms with E-state index in [4.69, 9.17) is 5.73 Å². The molecule has 0 aromatic heterocycles. The summed E-state index contributed by atoms with van der Waals surface area (Å²) in [6.07, 6.45) is 1.01. The van der Waals surface area contributed by atoms with Gasteiger partial charge in [0.1, 0.15) is 4.75 Å². The summed E-state index contributed by atoms with van der Waals surface area (Å²) in [6, 6.07) is 8.81. The zero-order valence-corrected chi connectivity index (χ0v) is 11.6. The molecule has 1 rings (SSSR count). The van der Waals surface area contributed by atoms with Crippen molar-refractivity contribution < 1.29 is 14.7 Å². The molecule has 0 fully saturated rings. The summed E-state index contributed by atoms with van der Waals surface area (Å²) < 4.78 is -0.916. The quantitative estimate of drug-likeness (QED) is 0.527. The van der Waals surface area contributed by atoms with Crippen molar-refractivity contribution in [2.75, 3.05) is 6.54 Å². The van der Waals surface area contributed by atoms with Gasteiger partial charge in [-0.3, -0.25) is 4.79 Å². The molecule has 0 radical (unpaired) electrons. The first-order valence-corrected chi connectivity index (χ1v) is 6.76. The summed E-state index contributed by atoms with van der Waals surface area (Å²) in [5, 5.41) is 11.8. The fraction of sp³-hybridized carbons (Fsp3) is 0.385. The van der Waals surface area contributed by atoms with Crippen LogP contribution in [0.4, 0.5) is 4.79 Å². The molecule has 0 saturated carbocycles. The summed E-state index contributed by atoms with van der Waals surface area (Å²) in [5.41, 5.74) is 4.95. The number of nitrogens with two attached hydrogens (primary N) is 1. The minimum absolute atomic E-state index is 0.382. The first kappa shape index (κ1) is 15.4. The van der Waals surface area contributed by atoms with E-state index >= 15 is 0 Å². The maximum atomic E-state index is 11.4. The summed E-state index contributed by atoms with van der Waals surface area (Å²) in [5.74, 6) is -0.861. The van der Waals surface area contributed by atoms with Crippen molar-refractivity contribution >= 4 is 23.8 Å². The number of nitrogens with one attached hydrogen (secondary N) is 1. The lowest BCUT2D eigenvalue weighted by atomic mass is 10.1. The van der Waals surface area contributed by atoms with E-state index in [0.29, 0.717) is 19.4 Å². The van der Waals surface area contributed by atoms with Crippen LogP contribution >= 0.6 is 11.8 Å². The van der Waals surface area contributed by atoms with Crippen LogP contribution in [0.3, 0.4) is 0 Å². The molecule has 104 valence electrons. The van der Waals surface area contributed by atoms with Gasteiger partial charge in [0, 0.05) is 11.4 Å². The van der Waals surface area contributed by atoms with Crippen LogP contribution in [-0.4, -0.2) is 28.4 Å². The third kappa shape index (κ3) is 5.21. The highest BCUT2D eigenvalue weighted by atomic mass is 32.2. The molecule has 19 heavy (non-hydrogen) atoms. The van der Waals surface area contributed by atoms with Gasteiger partial charge < -0.3 is 16.2 Å². The Kier molecular flexibility index (Phi) is 5.69. The molecule has 0 spiro atoms. The van der Waals surface area contributed by atoms with Gasteiger partial charge in [-0.15, -0.1) is 11.8 Å². The second-order valence-electron chi connectivity index (χ2n) is 4.35. The molecule has 2 amide bonds. The smallest absolute Gasteiger partial charge is 0.319 e. The van der Waals surface area contributed by atoms with Gasteiger partial charge in [-0.2, -0.15) is 0 Å². The number of thioether (sulfide) groups is 1. The van der Waals surface area contributed by atoms with Crippen LogP contribution < -0.4 is 11.1 Å². The number of hydrogen-bond donors (Lipinski definition) is 3. The molecule has 0 aliphatic carbocycles. The van der Waals surface area contributed by atoms with Gasteiger partial charge in [0.25, 0.3) is 0 Å². The van der Waals surface area contributed by atoms with E-state index < -0.39 is 16.7 Å². The topological polar surface area (TPSA) is 92.4 Å². The Labute approximate surface area is 116 Å². The van der Waals surface area contributed by atoms with Gasteiger partial charge in [-0.05, 0) is 31.9 Å². The molecule has 5 nitrogen and oxygen atoms in total. The van der Waals surface area contributed by atoms with Gasteiger partial charge in [0.05, 0.1) is 0 Å². The monoisotopic (exact) mass is 282 g/mol. The number of amides is 2. The Bertz CT molecular complexity index is 439. The molecule has 0 aliphatic rings. The Balaban J connectivity index is 2.59. The van der Waals surface area contributed by atoms with E-state index in [1.54, 1.807) is 6.92 Å². The van der Waals surface area contributed by atoms with Gasteiger partial charge in [0.15, 0.2) is 0 Å². The lowest BCUT2D eigenvalue weighted by Gasteiger charge is -2.24. The van der Waals surface area contributed by atoms with E-state index in [2.05, 4.69) is 5.32 Å². The zero-order valence-electron chi connectivity index (χ0n) is 10.8. The van der Waals surface area contributed by atoms with E-state index in [1.807, 2.05) is 30.3 Å². The summed E-state index contributed by atoms with van der Waals surface area (Å²) in [4.78, 5) is 22.9. The predicted molar refractivity (Wildman–Crippen MR) is 75.2 cm³/mol. The summed E-state index contributed by atoms with van der Waals surface area (Å²) in [7, 11) is 0. The number of carboxylic acids is 1. The highest BCUT2D eigenvalue weighted by Crippen LogP contribution is 2.36. The first-order chi connectivity index (χ1) is 8.94. The maximum Gasteiger partial charge on any atom is 0.319 e. The standard InChI is InChI=1S/C13H18N2O3S/c1-13(11(16)17,8-5-9-15-12(14)18)19-10-6-3-2-4-7-10/h2-4,6-7H,5,8-9H2,1H3,(H,16,17)(H3,14,15,18). The van der Waals surface area contributed by atoms with E-state index in [1.165, 1.54) is 11.8 Å². The van der Waals surface area contributed by atoms with Crippen molar-refractivity contribution in [2.24, 2.45) is 5.73 Å². The van der Waals surface area contributed by atoms with Crippen LogP contribution in [-0.2, 0) is 4.79 Å². The first-order valence-electron chi connectivity index (χ1n) is 5.95. The van der Waals surface area contributed by atoms with Crippen LogP contribution in [0.1, 0.15) is 19.8 Å². The van der Waals surface area contributed by atoms with Crippen molar-refractivity contribution in [3.05, 3.63) is 30.3 Å². The third-order valence-electron chi connectivity index (χ3n) is 2.67. The zero-order chi connectivity index (χ0) is 14.3. The average Bonchev–Trinajstić information content (AvgIpc) is 2.35. The molecule has 1 aromatic carbocycles. The molecule has 4 N–H and O–H groups in total. The second-order valence-corrected chi connectivity index (χ2v) is 5.92. The molecule has 0 heterocycles. The number of urea groups is 1. The maximum absolute atomic E-state index is 11.4. The normalized spacial score (nSPS) is 13.5. The molecule has 1 atom stereocenters. The van der Waals surface area contributed by atoms with Crippen molar-refractivity contribution in [3.8, 4) is 0 Å². The fourth-order valence-corrected chi connectivity index (χ4v) is 2.73. The number of aliphatic carboxylic acids is 1. The van der Waals surface area contributed by atoms with E-state index in [9.17, 15) is 14.7 Å². The number of rotatable bonds is 7. The Hall–Kier alpha value is -1.69. The van der Waals surface area contributed by atoms with Crippen molar-refractivity contribution in [1.29, 1.82) is 0 Å². The van der Waals surface area contributed by atoms with Gasteiger partial charge in [-0.1, -0.05) is 18.2 Å². The number of carbonyl (C=O) groups excluding carboxylic acids is 1. The molecular weight excluding hydrogens is 264 g/mol. The number of carbonyl (C=O) groups is 2. The van der Waals surface area contributed by atoms with Crippen LogP contribution in [0.15, 0.2) is 35.2 Å². The minimum Gasteiger partial charge on any atom is -0.480 e. The lowest BCUT2D eigenvalue weighted by Crippen LogP contribution is -2.34. The average molecular weight is 282 g/mol. The number of hydrogen-bond acceptors (Lipinski definition) is 3. The molecule has 0 saturated heterocycles. The molecule has 6 heteroatoms. The SMILES string of the molecule is CC(CCCNC(N)=O)(Sc1ccccc1)C(=O)O. The van der Waals surface area contributed by atoms with Crippen molar-refractivity contribution in [3.63, 3.8) is 0 Å². The third-order valence-corrected chi connectivity index (χ3v) is 4.01. The van der Waals surface area contributed by atoms with Crippen molar-refractivity contribution in [2.45, 2.75) is 29.4 Å². The number of benzene rings is 1. The Morgan fingerprint density at radius 3 is 2.53 bits per heavy atom. The minimum atomic E-state index is -0.916. The Morgan fingerprint density at radius 2 is 2.00 bits per heavy atom. The molecule has 1 aromatic rings. The Morgan fingerprint density at radius 1 is 1.37 bits per heavy atom. The lowest BCUT2D eigenvalue weighted by molar-refractivity contribution is -0.139. The fourth-order valence-electron chi connectivity index (χ4n) is 1.59. The van der Waals surface area contributed by atoms with E-state index in [-0.39, 0.29) is 0 Å². The summed E-state index contributed by atoms with van der Waals surface area (Å²) >= 11 is 1.31. The molecule has 0 aliphatic heterocycles. The van der Waals surface area contributed by atoms with Gasteiger partial charge >= 0.3 is 12.0 Å². The molecule has 0 bridgehead atoms. The van der Waals surface area contributed by atoms with Crippen LogP contribution in [0.25, 0.3) is 0 Å². The number of carboxylic acid groups (broad SMARTS) is 1. The second kappa shape index (κ2) is 7.04. The molecular formula is C13H18N2O3S. The summed E-state index contributed by atoms with van der Waals surface area (Å²) in [6.45, 7) is 2.07. The van der Waals surface area contributed by atoms with Crippen LogP contribution in [0.5, 0.6) is 0 Å². The predicted octanol–water partition coefficient (Wildman–Crippen LogP) is 2.07. The van der Waals surface area contributed by atoms with Gasteiger partial charge in [-0.25, -0.2) is 4.79 Å². The largest absolute Gasteiger partial charge is 0.480 e. The van der Waals surface area contributed by atoms with E-state index in [0.717, 1.165) is 4.90 Å². The van der Waals surface area contributed by atoms with Crippen molar-refractivity contribution in [1.82, 2.24) is 5.32 Å². The number of primary amides is 1. The van der Waals surface area contributed by atoms with Crippen LogP contribution in [0, 0.1) is 0 Å². The van der Waals surface area contributed by atoms with Gasteiger partial charge in [0.2, 0.25) is 0 Å².